The summed E-state index contributed by atoms with van der Waals surface area (Å²) >= 11 is 0. The Bertz CT molecular complexity index is 710. The molecule has 1 aromatic carbocycles. The van der Waals surface area contributed by atoms with Crippen molar-refractivity contribution in [3.05, 3.63) is 70.6 Å². The molecule has 0 heterocycles. The van der Waals surface area contributed by atoms with Crippen LogP contribution in [0.2, 0.25) is 0 Å². The third-order valence-corrected chi connectivity index (χ3v) is 4.00. The molecule has 0 fully saturated rings. The van der Waals surface area contributed by atoms with Gasteiger partial charge in [-0.1, -0.05) is 36.8 Å². The van der Waals surface area contributed by atoms with Crippen molar-refractivity contribution >= 4 is 5.97 Å². The highest BCUT2D eigenvalue weighted by Gasteiger charge is 2.33. The molecular weight excluding hydrogens is 348 g/mol. The first kappa shape index (κ1) is 21.7. The molecule has 0 radical (unpaired) electrons. The van der Waals surface area contributed by atoms with Gasteiger partial charge in [0.15, 0.2) is 0 Å². The third-order valence-electron chi connectivity index (χ3n) is 4.00. The summed E-state index contributed by atoms with van der Waals surface area (Å²) in [6.07, 6.45) is -1.01. The molecule has 0 aliphatic carbocycles. The van der Waals surface area contributed by atoms with Crippen LogP contribution >= 0.6 is 0 Å². The molecule has 6 heteroatoms. The van der Waals surface area contributed by atoms with E-state index in [-0.39, 0.29) is 5.57 Å². The van der Waals surface area contributed by atoms with Gasteiger partial charge in [-0.3, -0.25) is 4.79 Å². The standard InChI is InChI=1S/C20H22F4O2/c1-4-13(3)10-16(20(22,23)24)11-14(5-2)18(12-19(25)26)15-6-8-17(21)9-7-15/h5-11,18H,4,12H2,1-3H3,(H,25,26)/b13-10?,14-5+,16-11+/t18-/m1/s1. The Labute approximate surface area is 150 Å². The van der Waals surface area contributed by atoms with Gasteiger partial charge < -0.3 is 5.11 Å². The van der Waals surface area contributed by atoms with Crippen LogP contribution in [-0.2, 0) is 4.79 Å². The lowest BCUT2D eigenvalue weighted by Crippen LogP contribution is -2.13. The van der Waals surface area contributed by atoms with Crippen molar-refractivity contribution in [1.82, 2.24) is 0 Å². The number of allylic oxidation sites excluding steroid dienone is 6. The minimum absolute atomic E-state index is 0.214. The van der Waals surface area contributed by atoms with Crippen LogP contribution in [0.25, 0.3) is 0 Å². The second-order valence-corrected chi connectivity index (χ2v) is 5.93. The van der Waals surface area contributed by atoms with E-state index in [0.717, 1.165) is 24.3 Å². The maximum absolute atomic E-state index is 13.4. The largest absolute Gasteiger partial charge is 0.481 e. The fourth-order valence-electron chi connectivity index (χ4n) is 2.44. The summed E-state index contributed by atoms with van der Waals surface area (Å²) in [5, 5.41) is 9.17. The summed E-state index contributed by atoms with van der Waals surface area (Å²) in [4.78, 5) is 11.2. The quantitative estimate of drug-likeness (QED) is 0.460. The monoisotopic (exact) mass is 370 g/mol. The molecule has 0 aliphatic rings. The summed E-state index contributed by atoms with van der Waals surface area (Å²) < 4.78 is 53.3. The summed E-state index contributed by atoms with van der Waals surface area (Å²) in [6, 6.07) is 5.10. The average Bonchev–Trinajstić information content (AvgIpc) is 2.56. The molecule has 0 aliphatic heterocycles. The van der Waals surface area contributed by atoms with Gasteiger partial charge in [-0.25, -0.2) is 4.39 Å². The fourth-order valence-corrected chi connectivity index (χ4v) is 2.44. The molecule has 26 heavy (non-hydrogen) atoms. The van der Waals surface area contributed by atoms with Crippen molar-refractivity contribution in [3.8, 4) is 0 Å². The van der Waals surface area contributed by atoms with E-state index < -0.39 is 35.9 Å². The zero-order valence-electron chi connectivity index (χ0n) is 14.9. The lowest BCUT2D eigenvalue weighted by atomic mass is 9.86. The van der Waals surface area contributed by atoms with Crippen molar-refractivity contribution in [2.75, 3.05) is 0 Å². The highest BCUT2D eigenvalue weighted by Crippen LogP contribution is 2.34. The van der Waals surface area contributed by atoms with Gasteiger partial charge in [-0.15, -0.1) is 0 Å². The Hall–Kier alpha value is -2.37. The average molecular weight is 370 g/mol. The number of carbonyl (C=O) groups is 1. The van der Waals surface area contributed by atoms with Crippen molar-refractivity contribution in [2.45, 2.75) is 45.7 Å². The van der Waals surface area contributed by atoms with Gasteiger partial charge in [-0.05, 0) is 49.6 Å². The predicted octanol–water partition coefficient (Wildman–Crippen LogP) is 6.18. The van der Waals surface area contributed by atoms with E-state index in [9.17, 15) is 22.4 Å². The van der Waals surface area contributed by atoms with Crippen molar-refractivity contribution < 1.29 is 27.5 Å². The summed E-state index contributed by atoms with van der Waals surface area (Å²) in [5.41, 5.74) is 0.366. The maximum Gasteiger partial charge on any atom is 0.416 e. The van der Waals surface area contributed by atoms with Gasteiger partial charge in [0.1, 0.15) is 5.82 Å². The molecule has 0 saturated heterocycles. The van der Waals surface area contributed by atoms with Crippen molar-refractivity contribution in [1.29, 1.82) is 0 Å². The number of aliphatic carboxylic acids is 1. The van der Waals surface area contributed by atoms with E-state index in [1.54, 1.807) is 20.8 Å². The van der Waals surface area contributed by atoms with Crippen LogP contribution in [0.1, 0.15) is 45.1 Å². The molecule has 142 valence electrons. The molecule has 2 nitrogen and oxygen atoms in total. The molecule has 0 saturated carbocycles. The Morgan fingerprint density at radius 3 is 2.19 bits per heavy atom. The number of hydrogen-bond acceptors (Lipinski definition) is 1. The van der Waals surface area contributed by atoms with Gasteiger partial charge in [-0.2, -0.15) is 13.2 Å². The first-order valence-corrected chi connectivity index (χ1v) is 8.18. The number of carboxylic acids is 1. The van der Waals surface area contributed by atoms with Crippen LogP contribution in [0.4, 0.5) is 17.6 Å². The number of hydrogen-bond donors (Lipinski definition) is 1. The highest BCUT2D eigenvalue weighted by molar-refractivity contribution is 5.69. The minimum atomic E-state index is -4.57. The Kier molecular flexibility index (Phi) is 7.80. The second-order valence-electron chi connectivity index (χ2n) is 5.93. The van der Waals surface area contributed by atoms with Crippen LogP contribution in [0, 0.1) is 5.82 Å². The number of benzene rings is 1. The van der Waals surface area contributed by atoms with Crippen LogP contribution < -0.4 is 0 Å². The lowest BCUT2D eigenvalue weighted by molar-refractivity contribution is -0.137. The number of rotatable bonds is 7. The topological polar surface area (TPSA) is 37.3 Å². The van der Waals surface area contributed by atoms with Crippen molar-refractivity contribution in [2.24, 2.45) is 0 Å². The zero-order chi connectivity index (χ0) is 19.9. The van der Waals surface area contributed by atoms with E-state index >= 15 is 0 Å². The van der Waals surface area contributed by atoms with Crippen LogP contribution in [-0.4, -0.2) is 17.3 Å². The lowest BCUT2D eigenvalue weighted by Gasteiger charge is -2.19. The predicted molar refractivity (Wildman–Crippen MR) is 93.3 cm³/mol. The first-order chi connectivity index (χ1) is 12.1. The molecule has 0 amide bonds. The van der Waals surface area contributed by atoms with E-state index in [4.69, 9.17) is 5.11 Å². The van der Waals surface area contributed by atoms with Gasteiger partial charge in [0.05, 0.1) is 12.0 Å². The molecule has 1 aromatic rings. The summed E-state index contributed by atoms with van der Waals surface area (Å²) in [7, 11) is 0. The highest BCUT2D eigenvalue weighted by atomic mass is 19.4. The van der Waals surface area contributed by atoms with Crippen molar-refractivity contribution in [3.63, 3.8) is 0 Å². The first-order valence-electron chi connectivity index (χ1n) is 8.18. The van der Waals surface area contributed by atoms with Crippen LogP contribution in [0.3, 0.4) is 0 Å². The fraction of sp³-hybridized carbons (Fsp3) is 0.350. The number of alkyl halides is 3. The number of halogens is 4. The number of carboxylic acid groups (broad SMARTS) is 1. The smallest absolute Gasteiger partial charge is 0.416 e. The Balaban J connectivity index is 3.44. The van der Waals surface area contributed by atoms with E-state index in [1.165, 1.54) is 18.2 Å². The second kappa shape index (κ2) is 9.36. The molecule has 0 unspecified atom stereocenters. The van der Waals surface area contributed by atoms with Crippen LogP contribution in [0.15, 0.2) is 59.2 Å². The Morgan fingerprint density at radius 1 is 1.19 bits per heavy atom. The Morgan fingerprint density at radius 2 is 1.77 bits per heavy atom. The summed E-state index contributed by atoms with van der Waals surface area (Å²) in [6.45, 7) is 4.90. The molecule has 1 N–H and O–H groups in total. The van der Waals surface area contributed by atoms with Gasteiger partial charge >= 0.3 is 12.1 Å². The van der Waals surface area contributed by atoms with Gasteiger partial charge in [0, 0.05) is 5.92 Å². The molecule has 0 aromatic heterocycles. The molecule has 0 spiro atoms. The minimum Gasteiger partial charge on any atom is -0.481 e. The zero-order valence-corrected chi connectivity index (χ0v) is 14.9. The normalized spacial score (nSPS) is 15.1. The molecule has 1 atom stereocenters. The van der Waals surface area contributed by atoms with Gasteiger partial charge in [0.2, 0.25) is 0 Å². The van der Waals surface area contributed by atoms with E-state index in [0.29, 0.717) is 17.6 Å². The third kappa shape index (κ3) is 6.50. The van der Waals surface area contributed by atoms with E-state index in [1.807, 2.05) is 0 Å². The summed E-state index contributed by atoms with van der Waals surface area (Å²) in [5.74, 6) is -2.47. The SMILES string of the molecule is C/C=C(\C=C(/C=C(C)CC)C(F)(F)F)[C@@H](CC(=O)O)c1ccc(F)cc1. The molecule has 1 rings (SSSR count). The maximum atomic E-state index is 13.4. The van der Waals surface area contributed by atoms with Crippen LogP contribution in [0.5, 0.6) is 0 Å². The molecule has 0 bridgehead atoms. The van der Waals surface area contributed by atoms with Gasteiger partial charge in [0.25, 0.3) is 0 Å². The molecular formula is C20H22F4O2. The van der Waals surface area contributed by atoms with E-state index in [2.05, 4.69) is 0 Å².